The lowest BCUT2D eigenvalue weighted by Crippen LogP contribution is -2.19. The fourth-order valence-corrected chi connectivity index (χ4v) is 8.64. The topological polar surface area (TPSA) is 17.1 Å². The minimum absolute atomic E-state index is 0.788. The molecule has 0 radical (unpaired) electrons. The van der Waals surface area contributed by atoms with Gasteiger partial charge in [-0.3, -0.25) is 0 Å². The highest BCUT2D eigenvalue weighted by molar-refractivity contribution is 7.83. The van der Waals surface area contributed by atoms with Crippen molar-refractivity contribution in [2.75, 3.05) is 0 Å². The summed E-state index contributed by atoms with van der Waals surface area (Å²) >= 11 is 0. The van der Waals surface area contributed by atoms with Crippen molar-refractivity contribution in [1.29, 1.82) is 0 Å². The molecule has 5 aromatic carbocycles. The van der Waals surface area contributed by atoms with Crippen LogP contribution in [0.5, 0.6) is 0 Å². The summed E-state index contributed by atoms with van der Waals surface area (Å²) in [6.45, 7) is 5.91. The third-order valence-electron chi connectivity index (χ3n) is 6.95. The van der Waals surface area contributed by atoms with Gasteiger partial charge in [-0.05, 0) is 51.2 Å². The van der Waals surface area contributed by atoms with E-state index in [1.807, 2.05) is 43.4 Å². The molecule has 0 aromatic heterocycles. The highest BCUT2D eigenvalue weighted by Crippen LogP contribution is 2.59. The van der Waals surface area contributed by atoms with Gasteiger partial charge in [-0.15, -0.1) is 0 Å². The van der Waals surface area contributed by atoms with Crippen LogP contribution in [-0.2, 0) is 4.57 Å². The van der Waals surface area contributed by atoms with Crippen LogP contribution < -0.4 is 10.6 Å². The van der Waals surface area contributed by atoms with Gasteiger partial charge < -0.3 is 4.57 Å². The minimum atomic E-state index is -3.24. The van der Waals surface area contributed by atoms with E-state index in [1.54, 1.807) is 6.08 Å². The maximum absolute atomic E-state index is 15.7. The molecule has 0 spiro atoms. The molecule has 168 valence electrons. The molecule has 1 aliphatic rings. The van der Waals surface area contributed by atoms with E-state index >= 15 is 4.57 Å². The number of hydrogen-bond donors (Lipinski definition) is 0. The Bertz CT molecular complexity index is 1750. The summed E-state index contributed by atoms with van der Waals surface area (Å²) in [6.07, 6.45) is 7.59. The lowest BCUT2D eigenvalue weighted by Gasteiger charge is -2.23. The Balaban J connectivity index is 1.93. The van der Waals surface area contributed by atoms with E-state index in [-0.39, 0.29) is 0 Å². The standard InChI is InChI=1S/C33H25OP/c1-3-11-25(12-4-2)35(34)30-18-10-9-17-28(30)29-21-19-23-13-5-7-15-26(23)32(29)33-27-16-8-6-14-24(27)20-22-31(33)35/h3-22H,1H2,2H3/b12-4-,25-11+. The van der Waals surface area contributed by atoms with Gasteiger partial charge in [0.1, 0.15) is 0 Å². The van der Waals surface area contributed by atoms with Crippen LogP contribution in [0.4, 0.5) is 0 Å². The van der Waals surface area contributed by atoms with Gasteiger partial charge >= 0.3 is 0 Å². The smallest absolute Gasteiger partial charge is 0.172 e. The van der Waals surface area contributed by atoms with E-state index < -0.39 is 7.14 Å². The van der Waals surface area contributed by atoms with Crippen molar-refractivity contribution < 1.29 is 4.57 Å². The van der Waals surface area contributed by atoms with Crippen molar-refractivity contribution >= 4 is 39.3 Å². The fourth-order valence-electron chi connectivity index (χ4n) is 5.49. The van der Waals surface area contributed by atoms with Gasteiger partial charge in [-0.1, -0.05) is 122 Å². The van der Waals surface area contributed by atoms with E-state index in [1.165, 1.54) is 10.8 Å². The summed E-state index contributed by atoms with van der Waals surface area (Å²) in [4.78, 5) is 0. The van der Waals surface area contributed by atoms with Crippen LogP contribution in [0.2, 0.25) is 0 Å². The molecule has 0 fully saturated rings. The monoisotopic (exact) mass is 468 g/mol. The molecule has 1 heterocycles. The fraction of sp³-hybridized carbons (Fsp3) is 0.0303. The molecule has 0 N–H and O–H groups in total. The molecular weight excluding hydrogens is 443 g/mol. The highest BCUT2D eigenvalue weighted by Gasteiger charge is 2.39. The Hall–Kier alpha value is -3.93. The summed E-state index contributed by atoms with van der Waals surface area (Å²) < 4.78 is 15.7. The zero-order chi connectivity index (χ0) is 24.0. The second-order valence-electron chi connectivity index (χ2n) is 8.84. The summed E-state index contributed by atoms with van der Waals surface area (Å²) in [7, 11) is -3.24. The molecule has 0 amide bonds. The van der Waals surface area contributed by atoms with Crippen LogP contribution in [0.25, 0.3) is 43.8 Å². The molecule has 0 bridgehead atoms. The number of hydrogen-bond acceptors (Lipinski definition) is 1. The molecule has 1 atom stereocenters. The van der Waals surface area contributed by atoms with Crippen molar-refractivity contribution in [3.05, 3.63) is 133 Å². The lowest BCUT2D eigenvalue weighted by atomic mass is 9.87. The third kappa shape index (κ3) is 3.13. The largest absolute Gasteiger partial charge is 0.309 e. The Kier molecular flexibility index (Phi) is 5.17. The van der Waals surface area contributed by atoms with Gasteiger partial charge in [0.05, 0.1) is 0 Å². The van der Waals surface area contributed by atoms with Crippen LogP contribution in [0.15, 0.2) is 133 Å². The summed E-state index contributed by atoms with van der Waals surface area (Å²) in [6, 6.07) is 33.7. The maximum Gasteiger partial charge on any atom is 0.172 e. The average molecular weight is 469 g/mol. The van der Waals surface area contributed by atoms with Gasteiger partial charge in [0, 0.05) is 21.5 Å². The quantitative estimate of drug-likeness (QED) is 0.191. The Labute approximate surface area is 206 Å². The zero-order valence-corrected chi connectivity index (χ0v) is 20.5. The van der Waals surface area contributed by atoms with E-state index in [4.69, 9.17) is 0 Å². The van der Waals surface area contributed by atoms with Crippen LogP contribution in [-0.4, -0.2) is 0 Å². The molecule has 1 unspecified atom stereocenters. The summed E-state index contributed by atoms with van der Waals surface area (Å²) in [5.41, 5.74) is 4.36. The second kappa shape index (κ2) is 8.38. The van der Waals surface area contributed by atoms with Crippen LogP contribution in [0.1, 0.15) is 6.92 Å². The lowest BCUT2D eigenvalue weighted by molar-refractivity contribution is 0.591. The summed E-state index contributed by atoms with van der Waals surface area (Å²) in [5, 5.41) is 7.15. The number of rotatable bonds is 3. The number of allylic oxidation sites excluding steroid dienone is 5. The SMILES string of the molecule is C=C/C=C(\C=C/C)P1(=O)c2ccccc2-c2ccc3ccccc3c2-c2c1ccc1ccccc21. The average Bonchev–Trinajstić information content (AvgIpc) is 3.00. The molecule has 2 heteroatoms. The van der Waals surface area contributed by atoms with Gasteiger partial charge in [-0.25, -0.2) is 0 Å². The molecule has 1 aliphatic heterocycles. The predicted octanol–water partition coefficient (Wildman–Crippen LogP) is 8.60. The second-order valence-corrected chi connectivity index (χ2v) is 11.5. The molecule has 0 saturated carbocycles. The van der Waals surface area contributed by atoms with E-state index in [0.717, 1.165) is 48.9 Å². The maximum atomic E-state index is 15.7. The van der Waals surface area contributed by atoms with Gasteiger partial charge in [0.15, 0.2) is 7.14 Å². The summed E-state index contributed by atoms with van der Waals surface area (Å²) in [5.74, 6) is 0. The first-order valence-corrected chi connectivity index (χ1v) is 13.6. The Morgan fingerprint density at radius 3 is 2.03 bits per heavy atom. The van der Waals surface area contributed by atoms with Crippen LogP contribution in [0.3, 0.4) is 0 Å². The molecule has 5 aromatic rings. The van der Waals surface area contributed by atoms with E-state index in [2.05, 4.69) is 85.4 Å². The molecule has 0 aliphatic carbocycles. The first kappa shape index (κ1) is 21.6. The van der Waals surface area contributed by atoms with Gasteiger partial charge in [0.2, 0.25) is 0 Å². The number of benzene rings is 5. The predicted molar refractivity (Wildman–Crippen MR) is 152 cm³/mol. The van der Waals surface area contributed by atoms with Crippen molar-refractivity contribution in [2.45, 2.75) is 6.92 Å². The first-order chi connectivity index (χ1) is 17.2. The van der Waals surface area contributed by atoms with Gasteiger partial charge in [-0.2, -0.15) is 0 Å². The molecule has 1 nitrogen and oxygen atoms in total. The zero-order valence-electron chi connectivity index (χ0n) is 19.6. The first-order valence-electron chi connectivity index (χ1n) is 11.9. The van der Waals surface area contributed by atoms with Gasteiger partial charge in [0.25, 0.3) is 0 Å². The van der Waals surface area contributed by atoms with Crippen molar-refractivity contribution in [3.8, 4) is 22.3 Å². The molecular formula is C33H25OP. The molecule has 6 rings (SSSR count). The van der Waals surface area contributed by atoms with Crippen molar-refractivity contribution in [1.82, 2.24) is 0 Å². The highest BCUT2D eigenvalue weighted by atomic mass is 31.2. The minimum Gasteiger partial charge on any atom is -0.309 e. The van der Waals surface area contributed by atoms with Crippen molar-refractivity contribution in [2.24, 2.45) is 0 Å². The van der Waals surface area contributed by atoms with Crippen LogP contribution >= 0.6 is 7.14 Å². The molecule has 0 saturated heterocycles. The Morgan fingerprint density at radius 1 is 0.686 bits per heavy atom. The van der Waals surface area contributed by atoms with E-state index in [0.29, 0.717) is 0 Å². The number of fused-ring (bicyclic) bond motifs is 9. The van der Waals surface area contributed by atoms with Crippen molar-refractivity contribution in [3.63, 3.8) is 0 Å². The van der Waals surface area contributed by atoms with E-state index in [9.17, 15) is 0 Å². The normalized spacial score (nSPS) is 17.1. The Morgan fingerprint density at radius 2 is 1.31 bits per heavy atom. The van der Waals surface area contributed by atoms with Crippen LogP contribution in [0, 0.1) is 0 Å². The molecule has 35 heavy (non-hydrogen) atoms. The third-order valence-corrected chi connectivity index (χ3v) is 10.1.